The summed E-state index contributed by atoms with van der Waals surface area (Å²) in [5.74, 6) is -0.385. The van der Waals surface area contributed by atoms with Crippen LogP contribution in [-0.4, -0.2) is 54.4 Å². The van der Waals surface area contributed by atoms with Gasteiger partial charge in [-0.3, -0.25) is 0 Å². The van der Waals surface area contributed by atoms with Gasteiger partial charge in [0.2, 0.25) is 0 Å². The van der Waals surface area contributed by atoms with Crippen LogP contribution in [-0.2, 0) is 0 Å². The minimum Gasteiger partial charge on any atom is -0.477 e. The third kappa shape index (κ3) is 3.04. The average molecular weight is 336 g/mol. The van der Waals surface area contributed by atoms with Crippen LogP contribution < -0.4 is 4.90 Å². The lowest BCUT2D eigenvalue weighted by Gasteiger charge is -2.20. The lowest BCUT2D eigenvalue weighted by Crippen LogP contribution is -2.32. The number of halogens is 1. The van der Waals surface area contributed by atoms with Crippen molar-refractivity contribution in [2.24, 2.45) is 0 Å². The molecule has 122 valence electrons. The number of hydrogen-bond donors (Lipinski definition) is 1. The van der Waals surface area contributed by atoms with Gasteiger partial charge in [-0.2, -0.15) is 0 Å². The summed E-state index contributed by atoms with van der Waals surface area (Å²) in [5.41, 5.74) is 0.751. The van der Waals surface area contributed by atoms with E-state index in [1.807, 2.05) is 19.0 Å². The maximum Gasteiger partial charge on any atom is 0.343 e. The molecule has 0 aliphatic carbocycles. The second kappa shape index (κ2) is 6.22. The van der Waals surface area contributed by atoms with Gasteiger partial charge in [0.05, 0.1) is 0 Å². The zero-order valence-corrected chi connectivity index (χ0v) is 13.7. The van der Waals surface area contributed by atoms with Crippen molar-refractivity contribution in [1.29, 1.82) is 0 Å². The second-order valence-corrected chi connectivity index (χ2v) is 6.31. The Kier molecular flexibility index (Phi) is 4.28. The number of carboxylic acids is 1. The van der Waals surface area contributed by atoms with E-state index in [-0.39, 0.29) is 11.3 Å². The van der Waals surface area contributed by atoms with Crippen LogP contribution in [0, 0.1) is 0 Å². The summed E-state index contributed by atoms with van der Waals surface area (Å²) in [5, 5.41) is 14.2. The van der Waals surface area contributed by atoms with Gasteiger partial charge in [0.15, 0.2) is 17.1 Å². The van der Waals surface area contributed by atoms with E-state index in [4.69, 9.17) is 16.1 Å². The number of aromatic carboxylic acids is 1. The molecule has 0 radical (unpaired) electrons. The number of anilines is 1. The van der Waals surface area contributed by atoms with Crippen LogP contribution >= 0.6 is 11.6 Å². The molecule has 1 aromatic carbocycles. The van der Waals surface area contributed by atoms with E-state index in [0.717, 1.165) is 19.5 Å². The monoisotopic (exact) mass is 335 g/mol. The highest BCUT2D eigenvalue weighted by Crippen LogP contribution is 2.33. The predicted octanol–water partition coefficient (Wildman–Crippen LogP) is 2.83. The summed E-state index contributed by atoms with van der Waals surface area (Å²) in [6, 6.07) is 7.23. The molecule has 1 aliphatic rings. The third-order valence-corrected chi connectivity index (χ3v) is 4.44. The van der Waals surface area contributed by atoms with Crippen molar-refractivity contribution in [1.82, 2.24) is 10.1 Å². The minimum absolute atomic E-state index is 0.103. The van der Waals surface area contributed by atoms with Crippen LogP contribution in [0.3, 0.4) is 0 Å². The third-order valence-electron chi connectivity index (χ3n) is 4.19. The Labute approximate surface area is 139 Å². The number of hydrogen-bond acceptors (Lipinski definition) is 5. The molecule has 3 rings (SSSR count). The second-order valence-electron chi connectivity index (χ2n) is 5.87. The van der Waals surface area contributed by atoms with Gasteiger partial charge < -0.3 is 19.4 Å². The van der Waals surface area contributed by atoms with Gasteiger partial charge in [0.1, 0.15) is 0 Å². The van der Waals surface area contributed by atoms with Crippen molar-refractivity contribution < 1.29 is 14.4 Å². The van der Waals surface area contributed by atoms with Crippen LogP contribution in [0.1, 0.15) is 16.8 Å². The molecule has 1 atom stereocenters. The molecule has 7 heteroatoms. The van der Waals surface area contributed by atoms with Crippen molar-refractivity contribution in [3.05, 3.63) is 34.9 Å². The molecule has 0 bridgehead atoms. The molecule has 6 nitrogen and oxygen atoms in total. The number of rotatable bonds is 4. The number of nitrogens with zero attached hydrogens (tertiary/aromatic N) is 3. The SMILES string of the molecule is CN(C)[C@H]1CCN(c2noc(-c3ccc(Cl)cc3)c2C(=O)O)C1. The van der Waals surface area contributed by atoms with E-state index < -0.39 is 5.97 Å². The summed E-state index contributed by atoms with van der Waals surface area (Å²) >= 11 is 5.88. The van der Waals surface area contributed by atoms with Crippen molar-refractivity contribution in [3.63, 3.8) is 0 Å². The molecule has 0 saturated carbocycles. The highest BCUT2D eigenvalue weighted by atomic mass is 35.5. The number of aromatic nitrogens is 1. The summed E-state index contributed by atoms with van der Waals surface area (Å²) in [6.45, 7) is 1.50. The molecule has 1 aliphatic heterocycles. The molecule has 0 spiro atoms. The fraction of sp³-hybridized carbons (Fsp3) is 0.375. The highest BCUT2D eigenvalue weighted by molar-refractivity contribution is 6.30. The first-order valence-electron chi connectivity index (χ1n) is 7.37. The van der Waals surface area contributed by atoms with Crippen molar-refractivity contribution in [2.75, 3.05) is 32.1 Å². The van der Waals surface area contributed by atoms with Crippen LogP contribution in [0.25, 0.3) is 11.3 Å². The van der Waals surface area contributed by atoms with Crippen molar-refractivity contribution >= 4 is 23.4 Å². The number of likely N-dealkylation sites (N-methyl/N-ethyl adjacent to an activating group) is 1. The Bertz CT molecular complexity index is 712. The first-order valence-corrected chi connectivity index (χ1v) is 7.75. The summed E-state index contributed by atoms with van der Waals surface area (Å²) in [6.07, 6.45) is 0.967. The Balaban J connectivity index is 1.97. The molecule has 1 N–H and O–H groups in total. The molecule has 23 heavy (non-hydrogen) atoms. The van der Waals surface area contributed by atoms with E-state index in [9.17, 15) is 9.90 Å². The van der Waals surface area contributed by atoms with Crippen molar-refractivity contribution in [3.8, 4) is 11.3 Å². The molecule has 1 fully saturated rings. The molecule has 1 aromatic heterocycles. The van der Waals surface area contributed by atoms with Gasteiger partial charge in [-0.25, -0.2) is 4.79 Å². The van der Waals surface area contributed by atoms with Crippen LogP contribution in [0.2, 0.25) is 5.02 Å². The lowest BCUT2D eigenvalue weighted by atomic mass is 10.1. The maximum absolute atomic E-state index is 11.8. The van der Waals surface area contributed by atoms with E-state index >= 15 is 0 Å². The van der Waals surface area contributed by atoms with Gasteiger partial charge >= 0.3 is 5.97 Å². The van der Waals surface area contributed by atoms with E-state index in [1.54, 1.807) is 24.3 Å². The summed E-state index contributed by atoms with van der Waals surface area (Å²) in [4.78, 5) is 15.9. The standard InChI is InChI=1S/C16H18ClN3O3/c1-19(2)12-7-8-20(9-12)15-13(16(21)22)14(23-18-15)10-3-5-11(17)6-4-10/h3-6,12H,7-9H2,1-2H3,(H,21,22)/t12-/m0/s1. The molecular weight excluding hydrogens is 318 g/mol. The minimum atomic E-state index is -1.04. The Morgan fingerprint density at radius 2 is 2.09 bits per heavy atom. The molecule has 1 saturated heterocycles. The van der Waals surface area contributed by atoms with Crippen molar-refractivity contribution in [2.45, 2.75) is 12.5 Å². The number of carboxylic acid groups (broad SMARTS) is 1. The average Bonchev–Trinajstić information content (AvgIpc) is 3.14. The Morgan fingerprint density at radius 1 is 1.39 bits per heavy atom. The molecular formula is C16H18ClN3O3. The zero-order chi connectivity index (χ0) is 16.6. The smallest absolute Gasteiger partial charge is 0.343 e. The van der Waals surface area contributed by atoms with Crippen LogP contribution in [0.15, 0.2) is 28.8 Å². The number of carbonyl (C=O) groups is 1. The molecule has 0 unspecified atom stereocenters. The molecule has 2 heterocycles. The fourth-order valence-electron chi connectivity index (χ4n) is 2.84. The van der Waals surface area contributed by atoms with Crippen LogP contribution in [0.4, 0.5) is 5.82 Å². The number of benzene rings is 1. The van der Waals surface area contributed by atoms with Gasteiger partial charge in [-0.05, 0) is 44.8 Å². The van der Waals surface area contributed by atoms with E-state index in [2.05, 4.69) is 10.1 Å². The fourth-order valence-corrected chi connectivity index (χ4v) is 2.97. The normalized spacial score (nSPS) is 17.9. The first kappa shape index (κ1) is 15.8. The molecule has 0 amide bonds. The van der Waals surface area contributed by atoms with Gasteiger partial charge in [0.25, 0.3) is 0 Å². The Hall–Kier alpha value is -2.05. The predicted molar refractivity (Wildman–Crippen MR) is 88.2 cm³/mol. The summed E-state index contributed by atoms with van der Waals surface area (Å²) < 4.78 is 5.36. The largest absolute Gasteiger partial charge is 0.477 e. The van der Waals surface area contributed by atoms with E-state index in [0.29, 0.717) is 22.4 Å². The Morgan fingerprint density at radius 3 is 2.65 bits per heavy atom. The summed E-state index contributed by atoms with van der Waals surface area (Å²) in [7, 11) is 4.04. The topological polar surface area (TPSA) is 69.8 Å². The maximum atomic E-state index is 11.8. The van der Waals surface area contributed by atoms with Crippen LogP contribution in [0.5, 0.6) is 0 Å². The van der Waals surface area contributed by atoms with E-state index in [1.165, 1.54) is 0 Å². The molecule has 2 aromatic rings. The quantitative estimate of drug-likeness (QED) is 0.926. The van der Waals surface area contributed by atoms with Gasteiger partial charge in [0, 0.05) is 29.7 Å². The first-order chi connectivity index (χ1) is 11.0. The van der Waals surface area contributed by atoms with Gasteiger partial charge in [-0.1, -0.05) is 16.8 Å². The van der Waals surface area contributed by atoms with Gasteiger partial charge in [-0.15, -0.1) is 0 Å². The zero-order valence-electron chi connectivity index (χ0n) is 13.0. The highest BCUT2D eigenvalue weighted by Gasteiger charge is 2.32. The lowest BCUT2D eigenvalue weighted by molar-refractivity contribution is 0.0698.